The van der Waals surface area contributed by atoms with Crippen molar-refractivity contribution in [3.8, 4) is 6.07 Å². The molecule has 5 nitrogen and oxygen atoms in total. The lowest BCUT2D eigenvalue weighted by Crippen LogP contribution is -2.10. The third-order valence-electron chi connectivity index (χ3n) is 2.60. The van der Waals surface area contributed by atoms with E-state index in [1.54, 1.807) is 31.2 Å². The topological polar surface area (TPSA) is 90.2 Å². The molecule has 0 fully saturated rings. The fraction of sp³-hybridized carbons (Fsp3) is 0.0714. The number of rotatable bonds is 3. The SMILES string of the molecule is Cc1cc(NC(=O)c2cccc(C#N)c2)sc1C(=O)O. The Balaban J connectivity index is 2.21. The van der Waals surface area contributed by atoms with E-state index in [0.717, 1.165) is 11.3 Å². The number of benzene rings is 1. The van der Waals surface area contributed by atoms with E-state index in [0.29, 0.717) is 21.7 Å². The first-order valence-corrected chi connectivity index (χ1v) is 6.48. The summed E-state index contributed by atoms with van der Waals surface area (Å²) in [6, 6.07) is 9.87. The van der Waals surface area contributed by atoms with Gasteiger partial charge in [0.1, 0.15) is 4.88 Å². The largest absolute Gasteiger partial charge is 0.477 e. The number of carbonyl (C=O) groups excluding carboxylic acids is 1. The van der Waals surface area contributed by atoms with Gasteiger partial charge < -0.3 is 10.4 Å². The van der Waals surface area contributed by atoms with Crippen LogP contribution in [0.25, 0.3) is 0 Å². The number of thiophene rings is 1. The van der Waals surface area contributed by atoms with Crippen molar-refractivity contribution in [3.63, 3.8) is 0 Å². The van der Waals surface area contributed by atoms with E-state index in [-0.39, 0.29) is 10.8 Å². The van der Waals surface area contributed by atoms with Gasteiger partial charge in [0.25, 0.3) is 5.91 Å². The van der Waals surface area contributed by atoms with Gasteiger partial charge in [-0.15, -0.1) is 11.3 Å². The molecule has 0 radical (unpaired) electrons. The number of aryl methyl sites for hydroxylation is 1. The number of anilines is 1. The Morgan fingerprint density at radius 3 is 2.70 bits per heavy atom. The second-order valence-corrected chi connectivity index (χ2v) is 5.13. The molecule has 6 heteroatoms. The summed E-state index contributed by atoms with van der Waals surface area (Å²) >= 11 is 1.00. The molecule has 0 aliphatic carbocycles. The predicted molar refractivity (Wildman–Crippen MR) is 75.1 cm³/mol. The van der Waals surface area contributed by atoms with Crippen molar-refractivity contribution < 1.29 is 14.7 Å². The number of aromatic carboxylic acids is 1. The quantitative estimate of drug-likeness (QED) is 0.907. The molecule has 0 spiro atoms. The summed E-state index contributed by atoms with van der Waals surface area (Å²) in [4.78, 5) is 23.1. The highest BCUT2D eigenvalue weighted by molar-refractivity contribution is 7.18. The van der Waals surface area contributed by atoms with Gasteiger partial charge in [-0.2, -0.15) is 5.26 Å². The van der Waals surface area contributed by atoms with Crippen LogP contribution in [0.2, 0.25) is 0 Å². The van der Waals surface area contributed by atoms with E-state index in [1.165, 1.54) is 6.07 Å². The van der Waals surface area contributed by atoms with Gasteiger partial charge in [0.05, 0.1) is 16.6 Å². The Hall–Kier alpha value is -2.65. The Bertz CT molecular complexity index is 728. The number of nitrogens with one attached hydrogen (secondary N) is 1. The van der Waals surface area contributed by atoms with E-state index in [2.05, 4.69) is 5.32 Å². The third-order valence-corrected chi connectivity index (χ3v) is 3.74. The van der Waals surface area contributed by atoms with Crippen molar-refractivity contribution in [2.45, 2.75) is 6.92 Å². The molecule has 2 N–H and O–H groups in total. The minimum atomic E-state index is -1.01. The monoisotopic (exact) mass is 286 g/mol. The molecule has 1 aromatic carbocycles. The standard InChI is InChI=1S/C14H10N2O3S/c1-8-5-11(20-12(8)14(18)19)16-13(17)10-4-2-3-9(6-10)7-15/h2-6H,1H3,(H,16,17)(H,18,19). The molecule has 0 aliphatic rings. The highest BCUT2D eigenvalue weighted by atomic mass is 32.1. The minimum Gasteiger partial charge on any atom is -0.477 e. The normalized spacial score (nSPS) is 9.80. The van der Waals surface area contributed by atoms with Crippen molar-refractivity contribution in [2.75, 3.05) is 5.32 Å². The summed E-state index contributed by atoms with van der Waals surface area (Å²) in [6.07, 6.45) is 0. The number of carbonyl (C=O) groups is 2. The van der Waals surface area contributed by atoms with E-state index in [1.807, 2.05) is 6.07 Å². The van der Waals surface area contributed by atoms with Crippen molar-refractivity contribution in [1.82, 2.24) is 0 Å². The second kappa shape index (κ2) is 5.55. The van der Waals surface area contributed by atoms with Crippen molar-refractivity contribution in [3.05, 3.63) is 51.9 Å². The predicted octanol–water partition coefficient (Wildman–Crippen LogP) is 2.88. The lowest BCUT2D eigenvalue weighted by molar-refractivity contribution is 0.0701. The first-order chi connectivity index (χ1) is 9.51. The smallest absolute Gasteiger partial charge is 0.346 e. The molecule has 1 heterocycles. The average Bonchev–Trinajstić information content (AvgIpc) is 2.79. The average molecular weight is 286 g/mol. The molecule has 0 unspecified atom stereocenters. The van der Waals surface area contributed by atoms with Gasteiger partial charge in [-0.05, 0) is 36.8 Å². The molecule has 0 atom stereocenters. The fourth-order valence-corrected chi connectivity index (χ4v) is 2.58. The molecule has 0 saturated carbocycles. The lowest BCUT2D eigenvalue weighted by Gasteiger charge is -2.02. The van der Waals surface area contributed by atoms with Gasteiger partial charge in [0.15, 0.2) is 0 Å². The molecule has 0 bridgehead atoms. The first-order valence-electron chi connectivity index (χ1n) is 5.66. The summed E-state index contributed by atoms with van der Waals surface area (Å²) in [6.45, 7) is 1.67. The zero-order valence-electron chi connectivity index (χ0n) is 10.5. The van der Waals surface area contributed by atoms with Gasteiger partial charge >= 0.3 is 5.97 Å². The van der Waals surface area contributed by atoms with Gasteiger partial charge in [-0.25, -0.2) is 4.79 Å². The summed E-state index contributed by atoms with van der Waals surface area (Å²) in [7, 11) is 0. The summed E-state index contributed by atoms with van der Waals surface area (Å²) in [5.41, 5.74) is 1.35. The van der Waals surface area contributed by atoms with Crippen LogP contribution in [-0.4, -0.2) is 17.0 Å². The Kier molecular flexibility index (Phi) is 3.82. The first kappa shape index (κ1) is 13.8. The molecule has 2 aromatic rings. The van der Waals surface area contributed by atoms with Crippen LogP contribution in [0, 0.1) is 18.3 Å². The molecule has 100 valence electrons. The lowest BCUT2D eigenvalue weighted by atomic mass is 10.1. The van der Waals surface area contributed by atoms with Crippen molar-refractivity contribution >= 4 is 28.2 Å². The maximum atomic E-state index is 12.0. The number of nitriles is 1. The van der Waals surface area contributed by atoms with Crippen LogP contribution in [0.15, 0.2) is 30.3 Å². The highest BCUT2D eigenvalue weighted by Crippen LogP contribution is 2.27. The number of nitrogens with zero attached hydrogens (tertiary/aromatic N) is 1. The van der Waals surface area contributed by atoms with Crippen LogP contribution in [0.3, 0.4) is 0 Å². The zero-order chi connectivity index (χ0) is 14.7. The molecule has 1 amide bonds. The van der Waals surface area contributed by atoms with Crippen LogP contribution < -0.4 is 5.32 Å². The van der Waals surface area contributed by atoms with E-state index >= 15 is 0 Å². The van der Waals surface area contributed by atoms with Crippen LogP contribution >= 0.6 is 11.3 Å². The third kappa shape index (κ3) is 2.84. The summed E-state index contributed by atoms with van der Waals surface area (Å²) in [5.74, 6) is -1.39. The van der Waals surface area contributed by atoms with Gasteiger partial charge in [0, 0.05) is 5.56 Å². The minimum absolute atomic E-state index is 0.200. The number of carboxylic acids is 1. The van der Waals surface area contributed by atoms with E-state index < -0.39 is 5.97 Å². The van der Waals surface area contributed by atoms with Gasteiger partial charge in [-0.1, -0.05) is 6.07 Å². The maximum absolute atomic E-state index is 12.0. The molecule has 0 aliphatic heterocycles. The summed E-state index contributed by atoms with van der Waals surface area (Å²) < 4.78 is 0. The Labute approximate surface area is 119 Å². The fourth-order valence-electron chi connectivity index (χ4n) is 1.67. The van der Waals surface area contributed by atoms with E-state index in [4.69, 9.17) is 10.4 Å². The Morgan fingerprint density at radius 2 is 2.10 bits per heavy atom. The van der Waals surface area contributed by atoms with Gasteiger partial charge in [-0.3, -0.25) is 4.79 Å². The maximum Gasteiger partial charge on any atom is 0.346 e. The van der Waals surface area contributed by atoms with Crippen LogP contribution in [0.5, 0.6) is 0 Å². The highest BCUT2D eigenvalue weighted by Gasteiger charge is 2.14. The number of hydrogen-bond acceptors (Lipinski definition) is 4. The van der Waals surface area contributed by atoms with Crippen LogP contribution in [0.1, 0.15) is 31.2 Å². The second-order valence-electron chi connectivity index (χ2n) is 4.07. The molecular formula is C14H10N2O3S. The molecule has 2 rings (SSSR count). The van der Waals surface area contributed by atoms with Crippen LogP contribution in [0.4, 0.5) is 5.00 Å². The zero-order valence-corrected chi connectivity index (χ0v) is 11.3. The molecular weight excluding hydrogens is 276 g/mol. The van der Waals surface area contributed by atoms with E-state index in [9.17, 15) is 9.59 Å². The molecule has 20 heavy (non-hydrogen) atoms. The van der Waals surface area contributed by atoms with Gasteiger partial charge in [0.2, 0.25) is 0 Å². The number of hydrogen-bond donors (Lipinski definition) is 2. The van der Waals surface area contributed by atoms with Crippen molar-refractivity contribution in [2.24, 2.45) is 0 Å². The van der Waals surface area contributed by atoms with Crippen molar-refractivity contribution in [1.29, 1.82) is 5.26 Å². The van der Waals surface area contributed by atoms with Crippen LogP contribution in [-0.2, 0) is 0 Å². The summed E-state index contributed by atoms with van der Waals surface area (Å²) in [5, 5.41) is 20.8. The number of carboxylic acid groups (broad SMARTS) is 1. The molecule has 1 aromatic heterocycles. The molecule has 0 saturated heterocycles. The number of amides is 1. The Morgan fingerprint density at radius 1 is 1.35 bits per heavy atom.